The number of hydrogen-bond acceptors (Lipinski definition) is 4. The number of piperidine rings is 1. The summed E-state index contributed by atoms with van der Waals surface area (Å²) in [4.78, 5) is 12.6. The zero-order chi connectivity index (χ0) is 16.3. The Labute approximate surface area is 149 Å². The Hall–Kier alpha value is -1.15. The van der Waals surface area contributed by atoms with E-state index >= 15 is 0 Å². The van der Waals surface area contributed by atoms with Crippen LogP contribution < -0.4 is 10.6 Å². The van der Waals surface area contributed by atoms with Crippen LogP contribution in [0, 0.1) is 11.8 Å². The van der Waals surface area contributed by atoms with Gasteiger partial charge in [0.05, 0.1) is 10.8 Å². The first-order valence-corrected chi connectivity index (χ1v) is 9.55. The molecule has 6 nitrogen and oxygen atoms in total. The molecule has 1 amide bonds. The molecule has 1 aromatic rings. The second-order valence-electron chi connectivity index (χ2n) is 6.28. The Morgan fingerprint density at radius 1 is 1.25 bits per heavy atom. The third-order valence-corrected chi connectivity index (χ3v) is 6.45. The van der Waals surface area contributed by atoms with Gasteiger partial charge in [-0.3, -0.25) is 4.79 Å². The molecule has 1 unspecified atom stereocenters. The predicted octanol–water partition coefficient (Wildman–Crippen LogP) is 0.845. The molecular weight excluding hydrogens is 350 g/mol. The highest BCUT2D eigenvalue weighted by molar-refractivity contribution is 7.89. The van der Waals surface area contributed by atoms with Gasteiger partial charge in [-0.2, -0.15) is 4.31 Å². The van der Waals surface area contributed by atoms with E-state index in [1.165, 1.54) is 4.31 Å². The van der Waals surface area contributed by atoms with Gasteiger partial charge in [0.25, 0.3) is 0 Å². The predicted molar refractivity (Wildman–Crippen MR) is 94.5 cm³/mol. The Bertz CT molecular complexity index is 650. The summed E-state index contributed by atoms with van der Waals surface area (Å²) < 4.78 is 26.8. The fourth-order valence-electron chi connectivity index (χ4n) is 3.00. The number of amides is 1. The minimum absolute atomic E-state index is 0. The summed E-state index contributed by atoms with van der Waals surface area (Å²) in [5, 5.41) is 6.14. The lowest BCUT2D eigenvalue weighted by Gasteiger charge is -2.32. The molecule has 0 spiro atoms. The van der Waals surface area contributed by atoms with Crippen LogP contribution in [0.2, 0.25) is 0 Å². The average molecular weight is 374 g/mol. The lowest BCUT2D eigenvalue weighted by atomic mass is 9.98. The second-order valence-corrected chi connectivity index (χ2v) is 8.22. The largest absolute Gasteiger partial charge is 0.355 e. The Morgan fingerprint density at radius 2 is 1.96 bits per heavy atom. The zero-order valence-electron chi connectivity index (χ0n) is 13.5. The van der Waals surface area contributed by atoms with E-state index in [0.717, 1.165) is 25.9 Å². The van der Waals surface area contributed by atoms with Crippen molar-refractivity contribution >= 4 is 28.3 Å². The number of carbonyl (C=O) groups excluding carboxylic acids is 1. The summed E-state index contributed by atoms with van der Waals surface area (Å²) in [6, 6.07) is 8.42. The smallest absolute Gasteiger partial charge is 0.243 e. The highest BCUT2D eigenvalue weighted by Gasteiger charge is 2.33. The summed E-state index contributed by atoms with van der Waals surface area (Å²) in [6.07, 6.45) is 1.46. The molecule has 2 heterocycles. The van der Waals surface area contributed by atoms with Gasteiger partial charge in [-0.05, 0) is 25.0 Å². The Morgan fingerprint density at radius 3 is 2.58 bits per heavy atom. The fourth-order valence-corrected chi connectivity index (χ4v) is 4.54. The molecule has 2 aliphatic heterocycles. The number of halogens is 1. The van der Waals surface area contributed by atoms with Crippen LogP contribution in [0.25, 0.3) is 0 Å². The molecule has 2 N–H and O–H groups in total. The number of sulfonamides is 1. The van der Waals surface area contributed by atoms with E-state index in [1.54, 1.807) is 30.3 Å². The third-order valence-electron chi connectivity index (χ3n) is 4.57. The zero-order valence-corrected chi connectivity index (χ0v) is 15.1. The first-order valence-electron chi connectivity index (χ1n) is 8.11. The summed E-state index contributed by atoms with van der Waals surface area (Å²) in [7, 11) is -3.51. The van der Waals surface area contributed by atoms with Crippen LogP contribution in [0.3, 0.4) is 0 Å². The molecule has 0 bridgehead atoms. The van der Waals surface area contributed by atoms with E-state index in [0.29, 0.717) is 23.9 Å². The van der Waals surface area contributed by atoms with E-state index in [2.05, 4.69) is 10.6 Å². The molecule has 2 aliphatic rings. The van der Waals surface area contributed by atoms with Crippen molar-refractivity contribution in [2.45, 2.75) is 17.7 Å². The molecule has 1 aromatic carbocycles. The van der Waals surface area contributed by atoms with E-state index in [4.69, 9.17) is 0 Å². The molecule has 0 radical (unpaired) electrons. The van der Waals surface area contributed by atoms with Gasteiger partial charge >= 0.3 is 0 Å². The van der Waals surface area contributed by atoms with Crippen LogP contribution in [0.15, 0.2) is 35.2 Å². The molecular formula is C16H24ClN3O3S. The maximum atomic E-state index is 12.7. The number of benzene rings is 1. The van der Waals surface area contributed by atoms with Crippen LogP contribution in [0.1, 0.15) is 12.8 Å². The second kappa shape index (κ2) is 8.29. The van der Waals surface area contributed by atoms with Crippen LogP contribution >= 0.6 is 12.4 Å². The normalized spacial score (nSPS) is 22.2. The van der Waals surface area contributed by atoms with E-state index in [-0.39, 0.29) is 30.8 Å². The van der Waals surface area contributed by atoms with Gasteiger partial charge in [-0.15, -0.1) is 12.4 Å². The van der Waals surface area contributed by atoms with Gasteiger partial charge in [0, 0.05) is 38.6 Å². The molecule has 8 heteroatoms. The van der Waals surface area contributed by atoms with Crippen molar-refractivity contribution in [1.29, 1.82) is 0 Å². The van der Waals surface area contributed by atoms with Crippen molar-refractivity contribution < 1.29 is 13.2 Å². The standard InChI is InChI=1S/C16H23N3O3S.ClH/c20-16(18-11-13-9-17-10-13)14-5-4-8-19(12-14)23(21,22)15-6-2-1-3-7-15;/h1-3,6-7,13-14,17H,4-5,8-12H2,(H,18,20);1H. The van der Waals surface area contributed by atoms with Crippen LogP contribution in [0.4, 0.5) is 0 Å². The van der Waals surface area contributed by atoms with Crippen molar-refractivity contribution in [3.05, 3.63) is 30.3 Å². The molecule has 0 aromatic heterocycles. The minimum atomic E-state index is -3.51. The van der Waals surface area contributed by atoms with Crippen LogP contribution in [-0.2, 0) is 14.8 Å². The molecule has 2 fully saturated rings. The van der Waals surface area contributed by atoms with Gasteiger partial charge < -0.3 is 10.6 Å². The van der Waals surface area contributed by atoms with Gasteiger partial charge in [0.15, 0.2) is 0 Å². The number of carbonyl (C=O) groups is 1. The molecule has 0 saturated carbocycles. The molecule has 1 atom stereocenters. The Kier molecular flexibility index (Phi) is 6.62. The highest BCUT2D eigenvalue weighted by Crippen LogP contribution is 2.23. The van der Waals surface area contributed by atoms with Crippen molar-refractivity contribution in [2.75, 3.05) is 32.7 Å². The Balaban J connectivity index is 0.00000208. The van der Waals surface area contributed by atoms with Gasteiger partial charge in [0.1, 0.15) is 0 Å². The average Bonchev–Trinajstić information content (AvgIpc) is 2.54. The topological polar surface area (TPSA) is 78.5 Å². The quantitative estimate of drug-likeness (QED) is 0.801. The maximum Gasteiger partial charge on any atom is 0.243 e. The number of nitrogens with zero attached hydrogens (tertiary/aromatic N) is 1. The monoisotopic (exact) mass is 373 g/mol. The van der Waals surface area contributed by atoms with Crippen molar-refractivity contribution in [2.24, 2.45) is 11.8 Å². The molecule has 24 heavy (non-hydrogen) atoms. The van der Waals surface area contributed by atoms with E-state index in [9.17, 15) is 13.2 Å². The first kappa shape index (κ1) is 19.2. The van der Waals surface area contributed by atoms with Crippen molar-refractivity contribution in [3.63, 3.8) is 0 Å². The SMILES string of the molecule is Cl.O=C(NCC1CNC1)C1CCCN(S(=O)(=O)c2ccccc2)C1. The highest BCUT2D eigenvalue weighted by atomic mass is 35.5. The van der Waals surface area contributed by atoms with Crippen LogP contribution in [0.5, 0.6) is 0 Å². The maximum absolute atomic E-state index is 12.7. The molecule has 2 saturated heterocycles. The van der Waals surface area contributed by atoms with E-state index < -0.39 is 10.0 Å². The molecule has 0 aliphatic carbocycles. The lowest BCUT2D eigenvalue weighted by Crippen LogP contribution is -2.50. The van der Waals surface area contributed by atoms with E-state index in [1.807, 2.05) is 0 Å². The molecule has 134 valence electrons. The van der Waals surface area contributed by atoms with Crippen molar-refractivity contribution in [1.82, 2.24) is 14.9 Å². The first-order chi connectivity index (χ1) is 11.1. The van der Waals surface area contributed by atoms with Crippen LogP contribution in [-0.4, -0.2) is 51.4 Å². The summed E-state index contributed by atoms with van der Waals surface area (Å²) >= 11 is 0. The summed E-state index contributed by atoms with van der Waals surface area (Å²) in [5.41, 5.74) is 0. The lowest BCUT2D eigenvalue weighted by molar-refractivity contribution is -0.126. The number of hydrogen-bond donors (Lipinski definition) is 2. The van der Waals surface area contributed by atoms with Crippen molar-refractivity contribution in [3.8, 4) is 0 Å². The third kappa shape index (κ3) is 4.27. The number of rotatable bonds is 5. The fraction of sp³-hybridized carbons (Fsp3) is 0.562. The number of nitrogens with one attached hydrogen (secondary N) is 2. The summed E-state index contributed by atoms with van der Waals surface area (Å²) in [5.74, 6) is 0.229. The molecule has 3 rings (SSSR count). The van der Waals surface area contributed by atoms with Gasteiger partial charge in [-0.1, -0.05) is 18.2 Å². The van der Waals surface area contributed by atoms with Gasteiger partial charge in [0.2, 0.25) is 15.9 Å². The minimum Gasteiger partial charge on any atom is -0.355 e. The summed E-state index contributed by atoms with van der Waals surface area (Å²) in [6.45, 7) is 3.31. The van der Waals surface area contributed by atoms with Gasteiger partial charge in [-0.25, -0.2) is 8.42 Å².